The number of fused-ring (bicyclic) bond motifs is 3. The number of nitrogens with one attached hydrogen (secondary N) is 1. The summed E-state index contributed by atoms with van der Waals surface area (Å²) in [5, 5.41) is 0.975. The Morgan fingerprint density at radius 3 is 2.91 bits per heavy atom. The van der Waals surface area contributed by atoms with E-state index in [0.29, 0.717) is 12.1 Å². The Morgan fingerprint density at radius 1 is 1.18 bits per heavy atom. The van der Waals surface area contributed by atoms with E-state index in [1.165, 1.54) is 0 Å². The van der Waals surface area contributed by atoms with E-state index in [1.54, 1.807) is 17.1 Å². The van der Waals surface area contributed by atoms with Crippen molar-refractivity contribution in [3.05, 3.63) is 70.5 Å². The SMILES string of the molecule is Cc1ccc2c(c1)[nH]c1c(=O)n(Cc3ccccn3)cnc12. The van der Waals surface area contributed by atoms with Crippen molar-refractivity contribution in [2.45, 2.75) is 13.5 Å². The van der Waals surface area contributed by atoms with E-state index >= 15 is 0 Å². The van der Waals surface area contributed by atoms with Gasteiger partial charge in [0, 0.05) is 17.1 Å². The summed E-state index contributed by atoms with van der Waals surface area (Å²) in [6.07, 6.45) is 3.31. The molecule has 22 heavy (non-hydrogen) atoms. The van der Waals surface area contributed by atoms with Crippen LogP contribution in [0.15, 0.2) is 53.7 Å². The summed E-state index contributed by atoms with van der Waals surface area (Å²) in [5.74, 6) is 0. The molecule has 0 amide bonds. The zero-order valence-electron chi connectivity index (χ0n) is 12.1. The number of pyridine rings is 1. The molecule has 3 aromatic heterocycles. The van der Waals surface area contributed by atoms with E-state index in [4.69, 9.17) is 0 Å². The van der Waals surface area contributed by atoms with Crippen LogP contribution in [0.4, 0.5) is 0 Å². The number of benzene rings is 1. The number of aromatic nitrogens is 4. The van der Waals surface area contributed by atoms with E-state index in [1.807, 2.05) is 43.3 Å². The number of aromatic amines is 1. The Morgan fingerprint density at radius 2 is 2.09 bits per heavy atom. The quantitative estimate of drug-likeness (QED) is 0.617. The molecule has 0 fully saturated rings. The van der Waals surface area contributed by atoms with Gasteiger partial charge >= 0.3 is 0 Å². The van der Waals surface area contributed by atoms with Crippen molar-refractivity contribution in [1.82, 2.24) is 19.5 Å². The number of hydrogen-bond donors (Lipinski definition) is 1. The lowest BCUT2D eigenvalue weighted by atomic mass is 10.2. The van der Waals surface area contributed by atoms with Gasteiger partial charge in [0.15, 0.2) is 0 Å². The zero-order valence-corrected chi connectivity index (χ0v) is 12.1. The summed E-state index contributed by atoms with van der Waals surface area (Å²) in [6.45, 7) is 2.44. The third kappa shape index (κ3) is 1.98. The van der Waals surface area contributed by atoms with E-state index in [0.717, 1.165) is 27.7 Å². The second-order valence-corrected chi connectivity index (χ2v) is 5.40. The Balaban J connectivity index is 1.90. The first-order valence-electron chi connectivity index (χ1n) is 7.10. The largest absolute Gasteiger partial charge is 0.349 e. The minimum atomic E-state index is -0.0792. The van der Waals surface area contributed by atoms with Crippen molar-refractivity contribution in [2.75, 3.05) is 0 Å². The van der Waals surface area contributed by atoms with Gasteiger partial charge in [-0.3, -0.25) is 14.3 Å². The Bertz CT molecular complexity index is 1030. The maximum absolute atomic E-state index is 12.7. The standard InChI is InChI=1S/C17H14N4O/c1-11-5-6-13-14(8-11)20-16-15(13)19-10-21(17(16)22)9-12-4-2-3-7-18-12/h2-8,10,20H,9H2,1H3. The van der Waals surface area contributed by atoms with Gasteiger partial charge in [0.25, 0.3) is 5.56 Å². The molecule has 1 N–H and O–H groups in total. The normalized spacial score (nSPS) is 11.3. The lowest BCUT2D eigenvalue weighted by Crippen LogP contribution is -2.21. The number of hydrogen-bond acceptors (Lipinski definition) is 3. The molecule has 5 heteroatoms. The minimum Gasteiger partial charge on any atom is -0.349 e. The average Bonchev–Trinajstić information content (AvgIpc) is 2.89. The molecule has 1 aromatic carbocycles. The van der Waals surface area contributed by atoms with Gasteiger partial charge in [0.1, 0.15) is 11.0 Å². The van der Waals surface area contributed by atoms with Crippen LogP contribution in [0.3, 0.4) is 0 Å². The molecule has 0 aliphatic carbocycles. The second-order valence-electron chi connectivity index (χ2n) is 5.40. The van der Waals surface area contributed by atoms with Crippen molar-refractivity contribution in [3.63, 3.8) is 0 Å². The lowest BCUT2D eigenvalue weighted by molar-refractivity contribution is 0.729. The van der Waals surface area contributed by atoms with E-state index < -0.39 is 0 Å². The maximum Gasteiger partial charge on any atom is 0.278 e. The second kappa shape index (κ2) is 4.80. The molecule has 0 unspecified atom stereocenters. The number of aryl methyl sites for hydroxylation is 1. The summed E-state index contributed by atoms with van der Waals surface area (Å²) >= 11 is 0. The smallest absolute Gasteiger partial charge is 0.278 e. The summed E-state index contributed by atoms with van der Waals surface area (Å²) in [5.41, 5.74) is 4.10. The predicted octanol–water partition coefficient (Wildman–Crippen LogP) is 2.63. The van der Waals surface area contributed by atoms with Crippen LogP contribution in [-0.2, 0) is 6.54 Å². The zero-order chi connectivity index (χ0) is 15.1. The predicted molar refractivity (Wildman–Crippen MR) is 85.9 cm³/mol. The Hall–Kier alpha value is -2.95. The summed E-state index contributed by atoms with van der Waals surface area (Å²) in [6, 6.07) is 11.7. The summed E-state index contributed by atoms with van der Waals surface area (Å²) in [4.78, 5) is 24.6. The molecule has 5 nitrogen and oxygen atoms in total. The molecule has 4 aromatic rings. The molecular weight excluding hydrogens is 276 g/mol. The van der Waals surface area contributed by atoms with Crippen molar-refractivity contribution in [2.24, 2.45) is 0 Å². The van der Waals surface area contributed by atoms with Crippen LogP contribution in [0, 0.1) is 6.92 Å². The van der Waals surface area contributed by atoms with Crippen LogP contribution in [0.1, 0.15) is 11.3 Å². The molecular formula is C17H14N4O. The van der Waals surface area contributed by atoms with Gasteiger partial charge in [-0.1, -0.05) is 18.2 Å². The molecule has 0 aliphatic rings. The van der Waals surface area contributed by atoms with Gasteiger partial charge < -0.3 is 4.98 Å². The molecule has 0 saturated heterocycles. The fourth-order valence-corrected chi connectivity index (χ4v) is 2.69. The molecule has 3 heterocycles. The molecule has 4 rings (SSSR count). The molecule has 0 bridgehead atoms. The van der Waals surface area contributed by atoms with E-state index in [-0.39, 0.29) is 5.56 Å². The monoisotopic (exact) mass is 290 g/mol. The number of rotatable bonds is 2. The molecule has 0 spiro atoms. The average molecular weight is 290 g/mol. The molecule has 0 saturated carbocycles. The lowest BCUT2D eigenvalue weighted by Gasteiger charge is -2.04. The third-order valence-corrected chi connectivity index (χ3v) is 3.79. The van der Waals surface area contributed by atoms with Gasteiger partial charge in [-0.05, 0) is 30.7 Å². The Labute approximate surface area is 126 Å². The van der Waals surface area contributed by atoms with Crippen molar-refractivity contribution in [1.29, 1.82) is 0 Å². The Kier molecular flexibility index (Phi) is 2.79. The third-order valence-electron chi connectivity index (χ3n) is 3.79. The van der Waals surface area contributed by atoms with Crippen LogP contribution in [0.2, 0.25) is 0 Å². The van der Waals surface area contributed by atoms with Gasteiger partial charge in [-0.2, -0.15) is 0 Å². The van der Waals surface area contributed by atoms with Crippen molar-refractivity contribution >= 4 is 21.9 Å². The van der Waals surface area contributed by atoms with E-state index in [9.17, 15) is 4.79 Å². The van der Waals surface area contributed by atoms with Gasteiger partial charge in [0.2, 0.25) is 0 Å². The van der Waals surface area contributed by atoms with Gasteiger partial charge in [-0.15, -0.1) is 0 Å². The van der Waals surface area contributed by atoms with Crippen LogP contribution >= 0.6 is 0 Å². The fourth-order valence-electron chi connectivity index (χ4n) is 2.69. The van der Waals surface area contributed by atoms with Gasteiger partial charge in [-0.25, -0.2) is 4.98 Å². The highest BCUT2D eigenvalue weighted by Crippen LogP contribution is 2.22. The fraction of sp³-hybridized carbons (Fsp3) is 0.118. The van der Waals surface area contributed by atoms with Crippen LogP contribution in [0.5, 0.6) is 0 Å². The number of nitrogens with zero attached hydrogens (tertiary/aromatic N) is 3. The first-order chi connectivity index (χ1) is 10.7. The highest BCUT2D eigenvalue weighted by molar-refractivity contribution is 6.04. The van der Waals surface area contributed by atoms with Crippen LogP contribution in [-0.4, -0.2) is 19.5 Å². The van der Waals surface area contributed by atoms with Crippen molar-refractivity contribution in [3.8, 4) is 0 Å². The van der Waals surface area contributed by atoms with Crippen LogP contribution in [0.25, 0.3) is 21.9 Å². The van der Waals surface area contributed by atoms with Crippen molar-refractivity contribution < 1.29 is 0 Å². The maximum atomic E-state index is 12.7. The number of H-pyrrole nitrogens is 1. The van der Waals surface area contributed by atoms with Crippen LogP contribution < -0.4 is 5.56 Å². The molecule has 0 aliphatic heterocycles. The highest BCUT2D eigenvalue weighted by Gasteiger charge is 2.11. The summed E-state index contributed by atoms with van der Waals surface area (Å²) < 4.78 is 1.58. The summed E-state index contributed by atoms with van der Waals surface area (Å²) in [7, 11) is 0. The topological polar surface area (TPSA) is 63.6 Å². The highest BCUT2D eigenvalue weighted by atomic mass is 16.1. The first kappa shape index (κ1) is 12.8. The molecule has 0 radical (unpaired) electrons. The molecule has 108 valence electrons. The van der Waals surface area contributed by atoms with E-state index in [2.05, 4.69) is 15.0 Å². The first-order valence-corrected chi connectivity index (χ1v) is 7.10. The molecule has 0 atom stereocenters. The minimum absolute atomic E-state index is 0.0792. The van der Waals surface area contributed by atoms with Gasteiger partial charge in [0.05, 0.1) is 18.6 Å².